The van der Waals surface area contributed by atoms with Crippen LogP contribution in [0.5, 0.6) is 0 Å². The number of ether oxygens (including phenoxy) is 1. The third-order valence-corrected chi connectivity index (χ3v) is 3.24. The number of anilines is 1. The van der Waals surface area contributed by atoms with Crippen LogP contribution in [0.3, 0.4) is 0 Å². The third-order valence-electron chi connectivity index (χ3n) is 3.24. The summed E-state index contributed by atoms with van der Waals surface area (Å²) in [6.45, 7) is 4.20. The molecule has 7 nitrogen and oxygen atoms in total. The van der Waals surface area contributed by atoms with Gasteiger partial charge in [-0.3, -0.25) is 4.79 Å². The Labute approximate surface area is 125 Å². The second-order valence-corrected chi connectivity index (χ2v) is 5.25. The number of nitrogens with one attached hydrogen (secondary N) is 1. The molecule has 2 heterocycles. The molecule has 0 atom stereocenters. The van der Waals surface area contributed by atoms with Crippen LogP contribution in [0.1, 0.15) is 16.9 Å². The van der Waals surface area contributed by atoms with Crippen LogP contribution in [0.15, 0.2) is 12.3 Å². The molecule has 1 aliphatic heterocycles. The van der Waals surface area contributed by atoms with E-state index in [4.69, 9.17) is 4.74 Å². The molecule has 0 spiro atoms. The first-order valence-electron chi connectivity index (χ1n) is 7.25. The second kappa shape index (κ2) is 7.90. The summed E-state index contributed by atoms with van der Waals surface area (Å²) in [7, 11) is 4.08. The maximum Gasteiger partial charge on any atom is 0.272 e. The fourth-order valence-corrected chi connectivity index (χ4v) is 2.09. The molecule has 0 unspecified atom stereocenters. The van der Waals surface area contributed by atoms with Gasteiger partial charge >= 0.3 is 0 Å². The zero-order valence-electron chi connectivity index (χ0n) is 12.7. The highest BCUT2D eigenvalue weighted by Gasteiger charge is 2.19. The Morgan fingerprint density at radius 3 is 2.90 bits per heavy atom. The minimum Gasteiger partial charge on any atom is -0.378 e. The lowest BCUT2D eigenvalue weighted by Crippen LogP contribution is -2.41. The predicted octanol–water partition coefficient (Wildman–Crippen LogP) is 0.313. The predicted molar refractivity (Wildman–Crippen MR) is 80.4 cm³/mol. The van der Waals surface area contributed by atoms with Crippen molar-refractivity contribution in [2.75, 3.05) is 58.8 Å². The van der Waals surface area contributed by atoms with Crippen LogP contribution in [0.25, 0.3) is 0 Å². The van der Waals surface area contributed by atoms with Gasteiger partial charge in [0.05, 0.1) is 13.2 Å². The van der Waals surface area contributed by atoms with Gasteiger partial charge in [0.25, 0.3) is 5.91 Å². The quantitative estimate of drug-likeness (QED) is 0.761. The van der Waals surface area contributed by atoms with E-state index in [-0.39, 0.29) is 5.91 Å². The topological polar surface area (TPSA) is 70.6 Å². The molecule has 1 aromatic heterocycles. The van der Waals surface area contributed by atoms with Crippen LogP contribution in [0.4, 0.5) is 5.95 Å². The highest BCUT2D eigenvalue weighted by atomic mass is 16.5. The van der Waals surface area contributed by atoms with Crippen molar-refractivity contribution >= 4 is 11.9 Å². The van der Waals surface area contributed by atoms with E-state index >= 15 is 0 Å². The van der Waals surface area contributed by atoms with Crippen molar-refractivity contribution in [3.8, 4) is 0 Å². The summed E-state index contributed by atoms with van der Waals surface area (Å²) in [5.41, 5.74) is 0.432. The number of carbonyl (C=O) groups excluding carboxylic acids is 1. The molecule has 0 saturated carbocycles. The van der Waals surface area contributed by atoms with Crippen molar-refractivity contribution in [3.63, 3.8) is 0 Å². The number of nitrogens with zero attached hydrogens (tertiary/aromatic N) is 4. The second-order valence-electron chi connectivity index (χ2n) is 5.25. The fourth-order valence-electron chi connectivity index (χ4n) is 2.09. The molecule has 0 radical (unpaired) electrons. The van der Waals surface area contributed by atoms with Crippen LogP contribution in [-0.2, 0) is 4.74 Å². The molecule has 116 valence electrons. The van der Waals surface area contributed by atoms with Gasteiger partial charge in [0, 0.05) is 25.8 Å². The van der Waals surface area contributed by atoms with Gasteiger partial charge in [-0.25, -0.2) is 9.97 Å². The van der Waals surface area contributed by atoms with Gasteiger partial charge in [-0.2, -0.15) is 0 Å². The van der Waals surface area contributed by atoms with Crippen LogP contribution < -0.4 is 5.32 Å². The van der Waals surface area contributed by atoms with Crippen molar-refractivity contribution in [1.29, 1.82) is 0 Å². The Morgan fingerprint density at radius 2 is 2.19 bits per heavy atom. The number of rotatable bonds is 6. The lowest BCUT2D eigenvalue weighted by Gasteiger charge is -2.26. The van der Waals surface area contributed by atoms with E-state index in [1.165, 1.54) is 0 Å². The molecular weight excluding hydrogens is 270 g/mol. The lowest BCUT2D eigenvalue weighted by atomic mass is 10.3. The first-order valence-corrected chi connectivity index (χ1v) is 7.25. The number of carbonyl (C=O) groups is 1. The van der Waals surface area contributed by atoms with Gasteiger partial charge in [-0.1, -0.05) is 0 Å². The summed E-state index contributed by atoms with van der Waals surface area (Å²) in [4.78, 5) is 24.7. The summed E-state index contributed by atoms with van der Waals surface area (Å²) in [5, 5.41) is 3.15. The molecule has 1 amide bonds. The summed E-state index contributed by atoms with van der Waals surface area (Å²) in [6, 6.07) is 1.66. The Morgan fingerprint density at radius 1 is 1.43 bits per heavy atom. The molecule has 1 saturated heterocycles. The van der Waals surface area contributed by atoms with E-state index in [1.807, 2.05) is 14.1 Å². The molecule has 2 rings (SSSR count). The number of aromatic nitrogens is 2. The molecule has 0 bridgehead atoms. The minimum absolute atomic E-state index is 0.0583. The maximum absolute atomic E-state index is 12.3. The van der Waals surface area contributed by atoms with E-state index in [2.05, 4.69) is 20.2 Å². The number of morpholine rings is 1. The summed E-state index contributed by atoms with van der Waals surface area (Å²) < 4.78 is 5.25. The zero-order valence-corrected chi connectivity index (χ0v) is 12.7. The summed E-state index contributed by atoms with van der Waals surface area (Å²) >= 11 is 0. The van der Waals surface area contributed by atoms with Gasteiger partial charge in [0.15, 0.2) is 0 Å². The molecule has 1 fully saturated rings. The molecule has 7 heteroatoms. The van der Waals surface area contributed by atoms with E-state index in [1.54, 1.807) is 17.2 Å². The van der Waals surface area contributed by atoms with E-state index in [0.29, 0.717) is 37.9 Å². The van der Waals surface area contributed by atoms with Crippen LogP contribution >= 0.6 is 0 Å². The smallest absolute Gasteiger partial charge is 0.272 e. The molecule has 0 aliphatic carbocycles. The lowest BCUT2D eigenvalue weighted by molar-refractivity contribution is 0.0299. The first-order chi connectivity index (χ1) is 10.2. The molecule has 1 N–H and O–H groups in total. The minimum atomic E-state index is -0.0583. The Balaban J connectivity index is 1.89. The van der Waals surface area contributed by atoms with Crippen LogP contribution in [0, 0.1) is 0 Å². The van der Waals surface area contributed by atoms with Crippen LogP contribution in [-0.4, -0.2) is 79.2 Å². The highest BCUT2D eigenvalue weighted by Crippen LogP contribution is 2.07. The van der Waals surface area contributed by atoms with Crippen molar-refractivity contribution in [2.24, 2.45) is 0 Å². The average Bonchev–Trinajstić information content (AvgIpc) is 2.52. The van der Waals surface area contributed by atoms with Crippen molar-refractivity contribution in [2.45, 2.75) is 6.42 Å². The van der Waals surface area contributed by atoms with Gasteiger partial charge < -0.3 is 19.9 Å². The summed E-state index contributed by atoms with van der Waals surface area (Å²) in [6.07, 6.45) is 2.62. The average molecular weight is 293 g/mol. The SMILES string of the molecule is CN(C)CCCNc1nccc(C(=O)N2CCOCC2)n1. The molecule has 1 aliphatic rings. The Kier molecular flexibility index (Phi) is 5.89. The standard InChI is InChI=1S/C14H23N5O2/c1-18(2)7-3-5-15-14-16-6-4-12(17-14)13(20)19-8-10-21-11-9-19/h4,6H,3,5,7-11H2,1-2H3,(H,15,16,17). The third kappa shape index (κ3) is 4.95. The van der Waals surface area contributed by atoms with Crippen molar-refractivity contribution < 1.29 is 9.53 Å². The number of hydrogen-bond donors (Lipinski definition) is 1. The molecular formula is C14H23N5O2. The van der Waals surface area contributed by atoms with Crippen molar-refractivity contribution in [1.82, 2.24) is 19.8 Å². The van der Waals surface area contributed by atoms with Crippen LogP contribution in [0.2, 0.25) is 0 Å². The van der Waals surface area contributed by atoms with E-state index in [9.17, 15) is 4.79 Å². The van der Waals surface area contributed by atoms with Gasteiger partial charge in [-0.05, 0) is 33.1 Å². The largest absolute Gasteiger partial charge is 0.378 e. The number of amides is 1. The molecule has 21 heavy (non-hydrogen) atoms. The van der Waals surface area contributed by atoms with Crippen molar-refractivity contribution in [3.05, 3.63) is 18.0 Å². The van der Waals surface area contributed by atoms with Gasteiger partial charge in [-0.15, -0.1) is 0 Å². The van der Waals surface area contributed by atoms with E-state index < -0.39 is 0 Å². The number of hydrogen-bond acceptors (Lipinski definition) is 6. The van der Waals surface area contributed by atoms with Gasteiger partial charge in [0.2, 0.25) is 5.95 Å². The molecule has 1 aromatic rings. The Bertz CT molecular complexity index is 460. The summed E-state index contributed by atoms with van der Waals surface area (Å²) in [5.74, 6) is 0.449. The van der Waals surface area contributed by atoms with Gasteiger partial charge in [0.1, 0.15) is 5.69 Å². The zero-order chi connectivity index (χ0) is 15.1. The Hall–Kier alpha value is -1.73. The highest BCUT2D eigenvalue weighted by molar-refractivity contribution is 5.92. The first kappa shape index (κ1) is 15.7. The molecule has 0 aromatic carbocycles. The normalized spacial score (nSPS) is 15.3. The fraction of sp³-hybridized carbons (Fsp3) is 0.643. The monoisotopic (exact) mass is 293 g/mol. The maximum atomic E-state index is 12.3. The van der Waals surface area contributed by atoms with E-state index in [0.717, 1.165) is 19.5 Å².